The second kappa shape index (κ2) is 48.3. The number of unbranched alkanes of at least 4 members (excludes halogenated alkanes) is 36. The minimum atomic E-state index is -1.55. The third-order valence-electron chi connectivity index (χ3n) is 14.1. The highest BCUT2D eigenvalue weighted by molar-refractivity contribution is 5.76. The van der Waals surface area contributed by atoms with Crippen molar-refractivity contribution in [3.05, 3.63) is 24.3 Å². The smallest absolute Gasteiger partial charge is 0.220 e. The molecule has 0 aromatic heterocycles. The molecule has 1 heterocycles. The predicted octanol–water partition coefficient (Wildman–Crippen LogP) is 14.2. The Morgan fingerprint density at radius 2 is 0.881 bits per heavy atom. The lowest BCUT2D eigenvalue weighted by Crippen LogP contribution is -2.60. The number of allylic oxidation sites excluding steroid dienone is 4. The molecule has 0 spiro atoms. The Labute approximate surface area is 413 Å². The van der Waals surface area contributed by atoms with Gasteiger partial charge in [0.05, 0.1) is 25.4 Å². The Hall–Kier alpha value is -1.33. The molecule has 1 aliphatic rings. The Bertz CT molecular complexity index is 1100. The van der Waals surface area contributed by atoms with E-state index in [0.29, 0.717) is 12.8 Å². The van der Waals surface area contributed by atoms with Crippen LogP contribution in [0.1, 0.15) is 284 Å². The molecule has 0 radical (unpaired) electrons. The van der Waals surface area contributed by atoms with Gasteiger partial charge in [0.15, 0.2) is 6.29 Å². The first-order valence-electron chi connectivity index (χ1n) is 29.0. The van der Waals surface area contributed by atoms with Crippen molar-refractivity contribution in [2.75, 3.05) is 13.2 Å². The molecule has 9 heteroatoms. The molecule has 1 amide bonds. The van der Waals surface area contributed by atoms with Crippen LogP contribution in [0.3, 0.4) is 0 Å². The van der Waals surface area contributed by atoms with E-state index < -0.39 is 49.5 Å². The van der Waals surface area contributed by atoms with E-state index in [0.717, 1.165) is 44.9 Å². The third kappa shape index (κ3) is 38.1. The number of nitrogens with one attached hydrogen (secondary N) is 1. The molecule has 9 nitrogen and oxygen atoms in total. The number of rotatable bonds is 50. The van der Waals surface area contributed by atoms with Gasteiger partial charge in [0.25, 0.3) is 0 Å². The molecule has 7 unspecified atom stereocenters. The largest absolute Gasteiger partial charge is 0.394 e. The van der Waals surface area contributed by atoms with Crippen molar-refractivity contribution in [1.82, 2.24) is 5.32 Å². The van der Waals surface area contributed by atoms with Gasteiger partial charge >= 0.3 is 0 Å². The molecule has 0 aliphatic carbocycles. The van der Waals surface area contributed by atoms with Crippen molar-refractivity contribution in [2.45, 2.75) is 326 Å². The van der Waals surface area contributed by atoms with Crippen LogP contribution in [0.5, 0.6) is 0 Å². The third-order valence-corrected chi connectivity index (χ3v) is 14.1. The van der Waals surface area contributed by atoms with Crippen molar-refractivity contribution in [3.8, 4) is 0 Å². The summed E-state index contributed by atoms with van der Waals surface area (Å²) in [7, 11) is 0. The molecule has 0 aromatic carbocycles. The second-order valence-electron chi connectivity index (χ2n) is 20.4. The number of amides is 1. The van der Waals surface area contributed by atoms with Crippen LogP contribution in [0.15, 0.2) is 24.3 Å². The fourth-order valence-electron chi connectivity index (χ4n) is 9.43. The normalized spacial score (nSPS) is 19.8. The maximum Gasteiger partial charge on any atom is 0.220 e. The Kier molecular flexibility index (Phi) is 45.9. The molecule has 67 heavy (non-hydrogen) atoms. The first-order chi connectivity index (χ1) is 32.8. The van der Waals surface area contributed by atoms with E-state index in [-0.39, 0.29) is 12.5 Å². The molecule has 6 N–H and O–H groups in total. The lowest BCUT2D eigenvalue weighted by Gasteiger charge is -2.40. The zero-order chi connectivity index (χ0) is 48.7. The van der Waals surface area contributed by atoms with Crippen molar-refractivity contribution in [1.29, 1.82) is 0 Å². The van der Waals surface area contributed by atoms with E-state index in [1.54, 1.807) is 0 Å². The average Bonchev–Trinajstić information content (AvgIpc) is 3.33. The van der Waals surface area contributed by atoms with Crippen LogP contribution in [0.2, 0.25) is 0 Å². The average molecular weight is 951 g/mol. The van der Waals surface area contributed by atoms with E-state index in [4.69, 9.17) is 9.47 Å². The van der Waals surface area contributed by atoms with Crippen molar-refractivity contribution < 1.29 is 39.8 Å². The molecule has 1 saturated heterocycles. The summed E-state index contributed by atoms with van der Waals surface area (Å²) in [5.41, 5.74) is 0. The summed E-state index contributed by atoms with van der Waals surface area (Å²) >= 11 is 0. The number of aliphatic hydroxyl groups excluding tert-OH is 5. The van der Waals surface area contributed by atoms with E-state index >= 15 is 0 Å². The molecular weight excluding hydrogens is 839 g/mol. The molecule has 0 bridgehead atoms. The summed E-state index contributed by atoms with van der Waals surface area (Å²) in [6, 6.07) is -0.717. The summed E-state index contributed by atoms with van der Waals surface area (Å²) in [6.07, 6.45) is 53.4. The van der Waals surface area contributed by atoms with Crippen LogP contribution in [-0.2, 0) is 14.3 Å². The lowest BCUT2D eigenvalue weighted by atomic mass is 9.99. The van der Waals surface area contributed by atoms with E-state index in [1.807, 2.05) is 0 Å². The van der Waals surface area contributed by atoms with Crippen molar-refractivity contribution >= 4 is 5.91 Å². The van der Waals surface area contributed by atoms with Crippen molar-refractivity contribution in [3.63, 3.8) is 0 Å². The van der Waals surface area contributed by atoms with Crippen LogP contribution in [0.25, 0.3) is 0 Å². The number of aliphatic hydroxyl groups is 5. The Morgan fingerprint density at radius 3 is 1.28 bits per heavy atom. The summed E-state index contributed by atoms with van der Waals surface area (Å²) in [5.74, 6) is -0.140. The monoisotopic (exact) mass is 950 g/mol. The maximum atomic E-state index is 13.1. The molecular formula is C58H111NO8. The summed E-state index contributed by atoms with van der Waals surface area (Å²) in [5, 5.41) is 54.7. The van der Waals surface area contributed by atoms with Gasteiger partial charge in [-0.1, -0.05) is 256 Å². The van der Waals surface area contributed by atoms with Gasteiger partial charge in [-0.3, -0.25) is 4.79 Å². The van der Waals surface area contributed by atoms with Gasteiger partial charge in [0.2, 0.25) is 5.91 Å². The lowest BCUT2D eigenvalue weighted by molar-refractivity contribution is -0.302. The standard InChI is InChI=1S/C58H111NO8/c1-3-5-7-9-11-13-15-17-19-21-22-23-24-25-26-27-28-29-30-32-34-36-38-40-42-44-46-48-54(62)59-51(50-66-58-57(65)56(64)55(63)53(49-60)67-58)52(61)47-45-43-41-39-37-35-33-31-20-18-16-14-12-10-8-6-4-2/h15,17,21-22,51-53,55-58,60-61,63-65H,3-14,16,18-20,23-50H2,1-2H3,(H,59,62)/b17-15-,22-21-. The number of hydrogen-bond donors (Lipinski definition) is 6. The van der Waals surface area contributed by atoms with Gasteiger partial charge in [-0.2, -0.15) is 0 Å². The van der Waals surface area contributed by atoms with Gasteiger partial charge in [0.1, 0.15) is 24.4 Å². The molecule has 7 atom stereocenters. The molecule has 1 rings (SSSR count). The molecule has 0 aromatic rings. The van der Waals surface area contributed by atoms with Crippen LogP contribution < -0.4 is 5.32 Å². The van der Waals surface area contributed by atoms with E-state index in [1.165, 1.54) is 212 Å². The topological polar surface area (TPSA) is 149 Å². The van der Waals surface area contributed by atoms with E-state index in [9.17, 15) is 30.3 Å². The fourth-order valence-corrected chi connectivity index (χ4v) is 9.43. The first kappa shape index (κ1) is 63.7. The molecule has 1 aliphatic heterocycles. The van der Waals surface area contributed by atoms with E-state index in [2.05, 4.69) is 43.5 Å². The highest BCUT2D eigenvalue weighted by atomic mass is 16.7. The molecule has 1 fully saturated rings. The quantitative estimate of drug-likeness (QED) is 0.0261. The Morgan fingerprint density at radius 1 is 0.507 bits per heavy atom. The van der Waals surface area contributed by atoms with Crippen LogP contribution in [0, 0.1) is 0 Å². The zero-order valence-corrected chi connectivity index (χ0v) is 43.9. The highest BCUT2D eigenvalue weighted by Crippen LogP contribution is 2.23. The van der Waals surface area contributed by atoms with Crippen LogP contribution in [0.4, 0.5) is 0 Å². The van der Waals surface area contributed by atoms with Crippen molar-refractivity contribution in [2.24, 2.45) is 0 Å². The Balaban J connectivity index is 2.17. The number of ether oxygens (including phenoxy) is 2. The van der Waals surface area contributed by atoms with Gasteiger partial charge < -0.3 is 40.3 Å². The summed E-state index contributed by atoms with van der Waals surface area (Å²) < 4.78 is 11.3. The second-order valence-corrected chi connectivity index (χ2v) is 20.4. The maximum absolute atomic E-state index is 13.1. The number of carbonyl (C=O) groups is 1. The minimum Gasteiger partial charge on any atom is -0.394 e. The predicted molar refractivity (Wildman–Crippen MR) is 281 cm³/mol. The minimum absolute atomic E-state index is 0.134. The van der Waals surface area contributed by atoms with Gasteiger partial charge in [-0.15, -0.1) is 0 Å². The molecule has 0 saturated carbocycles. The van der Waals surface area contributed by atoms with Crippen LogP contribution >= 0.6 is 0 Å². The first-order valence-corrected chi connectivity index (χ1v) is 29.0. The zero-order valence-electron chi connectivity index (χ0n) is 43.9. The number of hydrogen-bond acceptors (Lipinski definition) is 8. The summed E-state index contributed by atoms with van der Waals surface area (Å²) in [4.78, 5) is 13.1. The SMILES string of the molecule is CCCCCCC/C=C\C/C=C\CCCCCCCCCCCCCCCCCC(=O)NC(COC1OC(CO)C(O)C(O)C1O)C(O)CCCCCCCCCCCCCCCCCCC. The summed E-state index contributed by atoms with van der Waals surface area (Å²) in [6.45, 7) is 3.86. The van der Waals surface area contributed by atoms with Gasteiger partial charge in [-0.25, -0.2) is 0 Å². The highest BCUT2D eigenvalue weighted by Gasteiger charge is 2.44. The fraction of sp³-hybridized carbons (Fsp3) is 0.914. The van der Waals surface area contributed by atoms with Gasteiger partial charge in [0, 0.05) is 6.42 Å². The number of carbonyl (C=O) groups excluding carboxylic acids is 1. The van der Waals surface area contributed by atoms with Crippen LogP contribution in [-0.4, -0.2) is 87.5 Å². The molecule has 396 valence electrons. The van der Waals surface area contributed by atoms with Gasteiger partial charge in [-0.05, 0) is 44.9 Å².